The van der Waals surface area contributed by atoms with Gasteiger partial charge in [0.1, 0.15) is 24.4 Å². The lowest BCUT2D eigenvalue weighted by atomic mass is 10.4. The number of pyridine rings is 1. The topological polar surface area (TPSA) is 433 Å². The first-order valence-corrected chi connectivity index (χ1v) is 30.8. The van der Waals surface area contributed by atoms with E-state index < -0.39 is 11.4 Å². The van der Waals surface area contributed by atoms with Gasteiger partial charge >= 0.3 is 11.4 Å². The van der Waals surface area contributed by atoms with Crippen LogP contribution in [0, 0.1) is 25.5 Å². The Morgan fingerprint density at radius 3 is 1.46 bits per heavy atom. The summed E-state index contributed by atoms with van der Waals surface area (Å²) < 4.78 is 24.8. The van der Waals surface area contributed by atoms with Gasteiger partial charge in [0.25, 0.3) is 11.1 Å². The number of anilines is 3. The van der Waals surface area contributed by atoms with E-state index in [0.717, 1.165) is 83.1 Å². The molecule has 96 heavy (non-hydrogen) atoms. The van der Waals surface area contributed by atoms with Crippen LogP contribution in [0.4, 0.5) is 17.6 Å². The molecule has 0 aliphatic heterocycles. The van der Waals surface area contributed by atoms with E-state index in [1.165, 1.54) is 31.5 Å². The minimum absolute atomic E-state index is 0.126. The van der Waals surface area contributed by atoms with Gasteiger partial charge < -0.3 is 65.2 Å². The van der Waals surface area contributed by atoms with E-state index in [9.17, 15) is 19.2 Å². The Morgan fingerprint density at radius 1 is 0.521 bits per heavy atom. The molecule has 0 bridgehead atoms. The summed E-state index contributed by atoms with van der Waals surface area (Å²) in [5.41, 5.74) is 18.9. The van der Waals surface area contributed by atoms with Crippen LogP contribution in [0.3, 0.4) is 0 Å². The zero-order chi connectivity index (χ0) is 72.8. The Balaban J connectivity index is -0.000000484. The van der Waals surface area contributed by atoms with Gasteiger partial charge in [0.05, 0.1) is 43.8 Å². The highest BCUT2D eigenvalue weighted by molar-refractivity contribution is 7.71. The van der Waals surface area contributed by atoms with Gasteiger partial charge in [-0.3, -0.25) is 29.5 Å². The van der Waals surface area contributed by atoms with Crippen molar-refractivity contribution in [2.75, 3.05) is 56.8 Å². The molecule has 0 aliphatic carbocycles. The molecule has 10 rings (SSSR count). The third-order valence-electron chi connectivity index (χ3n) is 9.88. The summed E-state index contributed by atoms with van der Waals surface area (Å²) in [6.07, 6.45) is 34.3. The van der Waals surface area contributed by atoms with E-state index in [0.29, 0.717) is 52.0 Å². The van der Waals surface area contributed by atoms with Gasteiger partial charge in [0.2, 0.25) is 5.95 Å². The molecular weight excluding hydrogens is 1250 g/mol. The van der Waals surface area contributed by atoms with Gasteiger partial charge in [-0.2, -0.15) is 9.97 Å². The summed E-state index contributed by atoms with van der Waals surface area (Å²) in [5, 5.41) is 0. The van der Waals surface area contributed by atoms with Crippen LogP contribution in [-0.4, -0.2) is 134 Å². The summed E-state index contributed by atoms with van der Waals surface area (Å²) in [6, 6.07) is 7.49. The van der Waals surface area contributed by atoms with Crippen LogP contribution in [0.15, 0.2) is 189 Å². The molecule has 528 valence electrons. The Hall–Kier alpha value is -10.5. The van der Waals surface area contributed by atoms with E-state index in [1.54, 1.807) is 89.1 Å². The molecule has 10 heterocycles. The summed E-state index contributed by atoms with van der Waals surface area (Å²) in [5.74, 6) is 0.849. The van der Waals surface area contributed by atoms with Crippen molar-refractivity contribution in [2.45, 2.75) is 121 Å². The van der Waals surface area contributed by atoms with Gasteiger partial charge in [-0.1, -0.05) is 40.7 Å². The molecule has 0 fully saturated rings. The maximum absolute atomic E-state index is 10.7. The lowest BCUT2D eigenvalue weighted by molar-refractivity contribution is 0.0774. The number of ether oxygens (including phenoxy) is 4. The first-order valence-electron chi connectivity index (χ1n) is 30.3. The molecule has 10 aromatic heterocycles. The van der Waals surface area contributed by atoms with Crippen LogP contribution < -0.4 is 39.7 Å². The zero-order valence-electron chi connectivity index (χ0n) is 57.5. The van der Waals surface area contributed by atoms with Crippen LogP contribution in [0.1, 0.15) is 103 Å². The Bertz CT molecular complexity index is 3340. The standard InChI is InChI=1S/2C7H12N2O.C6H10N2.C5H6N6.C5H7N3O.C5H6N2O2.C5H6N2OS.C5H5N.2C5H12O.C4H4N2.3C2H4/c1-2-5-10-7-9-4-3-8-6-9;1-2-3-10-5-7-4-8-6-9-7;1-2-4-8-5-3-7-6-8;6-3-2-4(9-1-8-2)11-5(7)10-3;1-3-2-7-5(9)8-4(3)6;2*1-3-2-6-5(9)7-4(3)8;1-2-4-6-5-3-1;2*1-3-5-6-4-2;1-2-5-4-6-3-1;3*1-2/h3-4,6H,2,5,7H2,1H3;4,6H,2-3,5H2,1H3,(H,8,9);3,5-6H,2,4H2,1H3;1H,(H5,6,7,8,9,10,11);2H,1H3,(H3,6,7,8,9);2*2H,1H3,(H2,6,7,8,9);1-5H;2*3-5H2,1-2H3;1-4H;3*1-2H2. The van der Waals surface area contributed by atoms with Gasteiger partial charge in [0.15, 0.2) is 16.2 Å². The summed E-state index contributed by atoms with van der Waals surface area (Å²) >= 11 is 4.65. The van der Waals surface area contributed by atoms with Crippen molar-refractivity contribution in [1.82, 2.24) is 93.9 Å². The van der Waals surface area contributed by atoms with Gasteiger partial charge in [0, 0.05) is 131 Å². The number of rotatable bonds is 16. The minimum atomic E-state index is -0.467. The van der Waals surface area contributed by atoms with Crippen molar-refractivity contribution < 1.29 is 18.9 Å². The average molecular weight is 1350 g/mol. The Kier molecular flexibility index (Phi) is 64.6. The van der Waals surface area contributed by atoms with Crippen molar-refractivity contribution in [1.29, 1.82) is 0 Å². The molecule has 0 aliphatic rings. The predicted molar refractivity (Wildman–Crippen MR) is 387 cm³/mol. The van der Waals surface area contributed by atoms with Crippen molar-refractivity contribution in [3.63, 3.8) is 0 Å². The number of nitrogens with two attached hydrogens (primary N) is 3. The second-order valence-electron chi connectivity index (χ2n) is 17.7. The molecule has 0 atom stereocenters. The average Bonchev–Trinajstić information content (AvgIpc) is 1.69. The Labute approximate surface area is 568 Å². The molecule has 0 spiro atoms. The lowest BCUT2D eigenvalue weighted by Crippen LogP contribution is -2.22. The van der Waals surface area contributed by atoms with Crippen molar-refractivity contribution in [2.24, 2.45) is 0 Å². The molecule has 30 nitrogen and oxygen atoms in total. The molecule has 0 aromatic carbocycles. The molecule has 13 N–H and O–H groups in total. The number of aromatic amines is 7. The molecule has 0 radical (unpaired) electrons. The van der Waals surface area contributed by atoms with Crippen LogP contribution in [0.25, 0.3) is 11.2 Å². The third kappa shape index (κ3) is 54.1. The maximum atomic E-state index is 10.7. The number of hydrogen-bond donors (Lipinski definition) is 10. The van der Waals surface area contributed by atoms with E-state index >= 15 is 0 Å². The van der Waals surface area contributed by atoms with E-state index in [-0.39, 0.29) is 17.1 Å². The number of nitrogens with one attached hydrogen (secondary N) is 7. The number of nitrogens with zero attached hydrogens (tertiary/aromatic N) is 12. The Morgan fingerprint density at radius 2 is 1.06 bits per heavy atom. The van der Waals surface area contributed by atoms with Crippen LogP contribution in [0.5, 0.6) is 0 Å². The molecule has 0 saturated carbocycles. The largest absolute Gasteiger partial charge is 0.385 e. The number of nitrogen functional groups attached to an aromatic ring is 3. The molecular formula is C65H104N22O8S. The smallest absolute Gasteiger partial charge is 0.346 e. The number of aryl methyl sites for hydroxylation is 4. The third-order valence-corrected chi connectivity index (χ3v) is 10.1. The van der Waals surface area contributed by atoms with Crippen molar-refractivity contribution in [3.8, 4) is 0 Å². The van der Waals surface area contributed by atoms with Gasteiger partial charge in [-0.25, -0.2) is 44.5 Å². The summed E-state index contributed by atoms with van der Waals surface area (Å²) in [6.45, 7) is 45.2. The maximum Gasteiger partial charge on any atom is 0.346 e. The lowest BCUT2D eigenvalue weighted by Gasteiger charge is -2.01. The highest BCUT2D eigenvalue weighted by Gasteiger charge is 2.03. The number of imidazole rings is 4. The van der Waals surface area contributed by atoms with Crippen LogP contribution in [-0.2, 0) is 38.8 Å². The van der Waals surface area contributed by atoms with E-state index in [1.807, 2.05) is 55.3 Å². The number of H-pyrrole nitrogens is 7. The van der Waals surface area contributed by atoms with Gasteiger partial charge in [-0.15, -0.1) is 39.5 Å². The molecule has 31 heteroatoms. The fourth-order valence-electron chi connectivity index (χ4n) is 5.49. The second kappa shape index (κ2) is 67.4. The van der Waals surface area contributed by atoms with E-state index in [2.05, 4.69) is 176 Å². The summed E-state index contributed by atoms with van der Waals surface area (Å²) in [4.78, 5) is 97.3. The highest BCUT2D eigenvalue weighted by Crippen LogP contribution is 2.13. The molecule has 0 saturated heterocycles. The minimum Gasteiger partial charge on any atom is -0.385 e. The zero-order valence-corrected chi connectivity index (χ0v) is 58.4. The number of aromatic nitrogens is 19. The van der Waals surface area contributed by atoms with Crippen molar-refractivity contribution in [3.05, 3.63) is 239 Å². The number of fused-ring (bicyclic) bond motifs is 1. The fraction of sp³-hybridized carbons (Fsp3) is 0.369. The highest BCUT2D eigenvalue weighted by atomic mass is 32.1. The number of hydrogen-bond acceptors (Lipinski definition) is 22. The molecule has 10 aromatic rings. The SMILES string of the molecule is C=C.C=C.C=C.CCCOCC.CCCOCC.CCCOCc1cnc[nH]1.CCCOCn1ccnc1.CCCn1ccnc1.Cc1c[nH]c(=O)[nH]c1=O.Cc1c[nH]c(=S)[nH]c1=O.Cc1cnc(=O)[nH]c1N.Nc1nc(N)c2[nH]cnc2n1.c1ccncc1.c1cncnc1. The normalized spacial score (nSPS) is 9.02. The fourth-order valence-corrected chi connectivity index (χ4v) is 5.64. The molecule has 0 amide bonds. The molecule has 0 unspecified atom stereocenters. The second-order valence-corrected chi connectivity index (χ2v) is 18.1. The first-order chi connectivity index (χ1) is 46.5. The van der Waals surface area contributed by atoms with Crippen LogP contribution >= 0.6 is 12.2 Å². The monoisotopic (exact) mass is 1350 g/mol. The first kappa shape index (κ1) is 91.9. The van der Waals surface area contributed by atoms with Crippen molar-refractivity contribution >= 4 is 41.0 Å². The summed E-state index contributed by atoms with van der Waals surface area (Å²) in [7, 11) is 0. The van der Waals surface area contributed by atoms with Gasteiger partial charge in [-0.05, 0) is 97.1 Å². The quantitative estimate of drug-likeness (QED) is 0.0244. The predicted octanol–water partition coefficient (Wildman–Crippen LogP) is 10.0. The van der Waals surface area contributed by atoms with E-state index in [4.69, 9.17) is 36.1 Å². The van der Waals surface area contributed by atoms with Crippen LogP contribution in [0.2, 0.25) is 0 Å².